The van der Waals surface area contributed by atoms with Crippen LogP contribution in [0.2, 0.25) is 0 Å². The van der Waals surface area contributed by atoms with Gasteiger partial charge in [-0.1, -0.05) is 19.1 Å². The molecule has 0 radical (unpaired) electrons. The van der Waals surface area contributed by atoms with Crippen LogP contribution in [-0.4, -0.2) is 37.2 Å². The minimum Gasteiger partial charge on any atom is -0.481 e. The molecule has 110 valence electrons. The van der Waals surface area contributed by atoms with Gasteiger partial charge in [0.2, 0.25) is 5.91 Å². The number of carbonyl (C=O) groups is 2. The molecule has 0 aliphatic rings. The van der Waals surface area contributed by atoms with Gasteiger partial charge in [-0.3, -0.25) is 9.59 Å². The van der Waals surface area contributed by atoms with Crippen molar-refractivity contribution in [2.45, 2.75) is 24.3 Å². The molecule has 4 N–H and O–H groups in total. The number of amides is 1. The summed E-state index contributed by atoms with van der Waals surface area (Å²) in [6.07, 6.45) is -0.533. The van der Waals surface area contributed by atoms with E-state index in [2.05, 4.69) is 5.32 Å². The molecule has 0 aromatic heterocycles. The third-order valence-corrected chi connectivity index (χ3v) is 4.38. The quantitative estimate of drug-likeness (QED) is 0.690. The number of hydrogen-bond donors (Lipinski definition) is 3. The van der Waals surface area contributed by atoms with Gasteiger partial charge in [0.15, 0.2) is 9.84 Å². The summed E-state index contributed by atoms with van der Waals surface area (Å²) in [6, 6.07) is 4.65. The monoisotopic (exact) mass is 300 g/mol. The lowest BCUT2D eigenvalue weighted by atomic mass is 10.2. The highest BCUT2D eigenvalue weighted by Gasteiger charge is 2.21. The van der Waals surface area contributed by atoms with Gasteiger partial charge in [0.25, 0.3) is 0 Å². The zero-order valence-electron chi connectivity index (χ0n) is 10.9. The second-order valence-corrected chi connectivity index (χ2v) is 6.34. The molecule has 0 aliphatic heterocycles. The molecule has 8 heteroatoms. The van der Waals surface area contributed by atoms with Gasteiger partial charge in [0.05, 0.1) is 28.8 Å². The highest BCUT2D eigenvalue weighted by atomic mass is 32.2. The topological polar surface area (TPSA) is 127 Å². The Morgan fingerprint density at radius 2 is 1.95 bits per heavy atom. The number of nitrogens with one attached hydrogen (secondary N) is 1. The van der Waals surface area contributed by atoms with Crippen LogP contribution >= 0.6 is 0 Å². The Morgan fingerprint density at radius 3 is 2.50 bits per heavy atom. The van der Waals surface area contributed by atoms with Gasteiger partial charge in [0.1, 0.15) is 0 Å². The number of nitrogens with two attached hydrogens (primary N) is 1. The zero-order valence-corrected chi connectivity index (χ0v) is 11.7. The summed E-state index contributed by atoms with van der Waals surface area (Å²) in [4.78, 5) is 22.2. The molecule has 0 heterocycles. The van der Waals surface area contributed by atoms with Crippen molar-refractivity contribution in [3.8, 4) is 0 Å². The molecule has 1 amide bonds. The number of carboxylic acids is 1. The molecule has 1 aromatic carbocycles. The molecule has 1 atom stereocenters. The van der Waals surface area contributed by atoms with Crippen molar-refractivity contribution in [2.24, 2.45) is 5.73 Å². The van der Waals surface area contributed by atoms with Crippen molar-refractivity contribution in [1.82, 2.24) is 0 Å². The Bertz CT molecular complexity index is 612. The molecule has 1 aromatic rings. The molecule has 1 unspecified atom stereocenters. The van der Waals surface area contributed by atoms with Crippen LogP contribution in [0.4, 0.5) is 5.69 Å². The summed E-state index contributed by atoms with van der Waals surface area (Å²) >= 11 is 0. The van der Waals surface area contributed by atoms with Crippen molar-refractivity contribution >= 4 is 27.4 Å². The lowest BCUT2D eigenvalue weighted by molar-refractivity contribution is -0.138. The number of aliphatic carboxylic acids is 1. The Balaban J connectivity index is 2.99. The number of rotatable bonds is 6. The first-order chi connectivity index (χ1) is 9.27. The molecular weight excluding hydrogens is 284 g/mol. The largest absolute Gasteiger partial charge is 0.481 e. The maximum Gasteiger partial charge on any atom is 0.305 e. The van der Waals surface area contributed by atoms with E-state index in [0.29, 0.717) is 0 Å². The molecule has 0 saturated carbocycles. The van der Waals surface area contributed by atoms with Crippen LogP contribution in [0.1, 0.15) is 13.3 Å². The van der Waals surface area contributed by atoms with Gasteiger partial charge in [-0.25, -0.2) is 8.42 Å². The Labute approximate surface area is 116 Å². The molecule has 0 fully saturated rings. The van der Waals surface area contributed by atoms with Gasteiger partial charge >= 0.3 is 5.97 Å². The maximum atomic E-state index is 11.9. The predicted octanol–water partition coefficient (Wildman–Crippen LogP) is 0.221. The van der Waals surface area contributed by atoms with Crippen LogP contribution in [0.25, 0.3) is 0 Å². The molecule has 0 aliphatic carbocycles. The van der Waals surface area contributed by atoms with E-state index in [1.54, 1.807) is 6.07 Å². The molecule has 20 heavy (non-hydrogen) atoms. The fraction of sp³-hybridized carbons (Fsp3) is 0.333. The number of carbonyl (C=O) groups excluding carboxylic acids is 1. The van der Waals surface area contributed by atoms with Crippen LogP contribution in [0.3, 0.4) is 0 Å². The minimum absolute atomic E-state index is 0.0154. The average Bonchev–Trinajstić information content (AvgIpc) is 2.38. The smallest absolute Gasteiger partial charge is 0.305 e. The van der Waals surface area contributed by atoms with Gasteiger partial charge in [-0.05, 0) is 12.1 Å². The number of benzene rings is 1. The van der Waals surface area contributed by atoms with Crippen molar-refractivity contribution < 1.29 is 23.1 Å². The van der Waals surface area contributed by atoms with Crippen LogP contribution in [0.5, 0.6) is 0 Å². The molecule has 0 bridgehead atoms. The van der Waals surface area contributed by atoms with Gasteiger partial charge in [0, 0.05) is 0 Å². The lowest BCUT2D eigenvalue weighted by Gasteiger charge is -2.13. The summed E-state index contributed by atoms with van der Waals surface area (Å²) in [5.74, 6) is -2.06. The first kappa shape index (κ1) is 16.1. The SMILES string of the molecule is CCS(=O)(=O)c1ccccc1NC(=O)C(N)CC(=O)O. The first-order valence-corrected chi connectivity index (χ1v) is 7.53. The Hall–Kier alpha value is -1.93. The molecule has 1 rings (SSSR count). The van der Waals surface area contributed by atoms with E-state index in [4.69, 9.17) is 10.8 Å². The highest BCUT2D eigenvalue weighted by molar-refractivity contribution is 7.91. The summed E-state index contributed by atoms with van der Waals surface area (Å²) in [5.41, 5.74) is 5.51. The predicted molar refractivity (Wildman–Crippen MR) is 73.0 cm³/mol. The Morgan fingerprint density at radius 1 is 1.35 bits per heavy atom. The second-order valence-electron chi connectivity index (χ2n) is 4.09. The number of para-hydroxylation sites is 1. The van der Waals surface area contributed by atoms with Gasteiger partial charge < -0.3 is 16.2 Å². The minimum atomic E-state index is -3.50. The number of sulfone groups is 1. The molecule has 0 saturated heterocycles. The molecule has 7 nitrogen and oxygen atoms in total. The molecule has 0 spiro atoms. The maximum absolute atomic E-state index is 11.9. The van der Waals surface area contributed by atoms with Crippen LogP contribution in [0, 0.1) is 0 Å². The second kappa shape index (κ2) is 6.49. The molecular formula is C12H16N2O5S. The van der Waals surface area contributed by atoms with Gasteiger partial charge in [-0.2, -0.15) is 0 Å². The zero-order chi connectivity index (χ0) is 15.3. The van der Waals surface area contributed by atoms with Crippen molar-refractivity contribution in [3.63, 3.8) is 0 Å². The standard InChI is InChI=1S/C12H16N2O5S/c1-2-20(18,19)10-6-4-3-5-9(10)14-12(17)8(13)7-11(15)16/h3-6,8H,2,7,13H2,1H3,(H,14,17)(H,15,16). The van der Waals surface area contributed by atoms with E-state index < -0.39 is 34.2 Å². The number of hydrogen-bond acceptors (Lipinski definition) is 5. The number of carboxylic acid groups (broad SMARTS) is 1. The third kappa shape index (κ3) is 4.04. The fourth-order valence-electron chi connectivity index (χ4n) is 1.50. The summed E-state index contributed by atoms with van der Waals surface area (Å²) < 4.78 is 23.7. The van der Waals surface area contributed by atoms with E-state index in [1.165, 1.54) is 25.1 Å². The van der Waals surface area contributed by atoms with Crippen molar-refractivity contribution in [1.29, 1.82) is 0 Å². The summed E-state index contributed by atoms with van der Waals surface area (Å²) in [7, 11) is -3.50. The van der Waals surface area contributed by atoms with Crippen molar-refractivity contribution in [3.05, 3.63) is 24.3 Å². The number of anilines is 1. The van der Waals surface area contributed by atoms with Gasteiger partial charge in [-0.15, -0.1) is 0 Å². The van der Waals surface area contributed by atoms with E-state index >= 15 is 0 Å². The summed E-state index contributed by atoms with van der Waals surface area (Å²) in [5, 5.41) is 10.9. The normalized spacial score (nSPS) is 12.7. The summed E-state index contributed by atoms with van der Waals surface area (Å²) in [6.45, 7) is 1.49. The highest BCUT2D eigenvalue weighted by Crippen LogP contribution is 2.22. The van der Waals surface area contributed by atoms with E-state index in [9.17, 15) is 18.0 Å². The fourth-order valence-corrected chi connectivity index (χ4v) is 2.55. The van der Waals surface area contributed by atoms with Crippen LogP contribution < -0.4 is 11.1 Å². The average molecular weight is 300 g/mol. The third-order valence-electron chi connectivity index (χ3n) is 2.59. The van der Waals surface area contributed by atoms with E-state index in [-0.39, 0.29) is 16.3 Å². The van der Waals surface area contributed by atoms with E-state index in [1.807, 2.05) is 0 Å². The Kier molecular flexibility index (Phi) is 5.23. The van der Waals surface area contributed by atoms with Crippen LogP contribution in [-0.2, 0) is 19.4 Å². The lowest BCUT2D eigenvalue weighted by Crippen LogP contribution is -2.37. The first-order valence-electron chi connectivity index (χ1n) is 5.88. The van der Waals surface area contributed by atoms with Crippen molar-refractivity contribution in [2.75, 3.05) is 11.1 Å². The van der Waals surface area contributed by atoms with E-state index in [0.717, 1.165) is 0 Å². The van der Waals surface area contributed by atoms with Crippen LogP contribution in [0.15, 0.2) is 29.2 Å².